The number of benzene rings is 1. The molecule has 2 fully saturated rings. The molecule has 3 nitrogen and oxygen atoms in total. The van der Waals surface area contributed by atoms with Crippen LogP contribution < -0.4 is 4.90 Å². The van der Waals surface area contributed by atoms with Gasteiger partial charge in [-0.3, -0.25) is 9.69 Å². The van der Waals surface area contributed by atoms with Crippen molar-refractivity contribution in [3.05, 3.63) is 29.3 Å². The molecular weight excluding hydrogens is 284 g/mol. The van der Waals surface area contributed by atoms with E-state index in [9.17, 15) is 4.79 Å². The highest BCUT2D eigenvalue weighted by Gasteiger charge is 2.63. The van der Waals surface area contributed by atoms with Crippen molar-refractivity contribution in [2.75, 3.05) is 31.1 Å². The minimum Gasteiger partial charge on any atom is -0.369 e. The monoisotopic (exact) mass is 314 g/mol. The average molecular weight is 314 g/mol. The van der Waals surface area contributed by atoms with E-state index in [1.807, 2.05) is 0 Å². The Morgan fingerprint density at radius 3 is 1.87 bits per heavy atom. The molecule has 0 atom stereocenters. The van der Waals surface area contributed by atoms with Crippen LogP contribution in [-0.2, 0) is 4.79 Å². The lowest BCUT2D eigenvalue weighted by Gasteiger charge is -2.60. The van der Waals surface area contributed by atoms with Crippen molar-refractivity contribution in [1.29, 1.82) is 0 Å². The first-order valence-corrected chi connectivity index (χ1v) is 8.77. The number of hydrogen-bond acceptors (Lipinski definition) is 3. The minimum absolute atomic E-state index is 0.204. The van der Waals surface area contributed by atoms with Gasteiger partial charge in [0.25, 0.3) is 0 Å². The predicted molar refractivity (Wildman–Crippen MR) is 96.1 cm³/mol. The van der Waals surface area contributed by atoms with Gasteiger partial charge in [-0.25, -0.2) is 0 Å². The fourth-order valence-electron chi connectivity index (χ4n) is 5.32. The summed E-state index contributed by atoms with van der Waals surface area (Å²) in [4.78, 5) is 17.5. The second kappa shape index (κ2) is 5.34. The van der Waals surface area contributed by atoms with Crippen molar-refractivity contribution < 1.29 is 4.79 Å². The van der Waals surface area contributed by atoms with Crippen molar-refractivity contribution in [1.82, 2.24) is 4.90 Å². The Labute approximate surface area is 140 Å². The Balaban J connectivity index is 1.74. The quantitative estimate of drug-likeness (QED) is 0.835. The second-order valence-corrected chi connectivity index (χ2v) is 8.44. The molecule has 0 spiro atoms. The number of anilines is 1. The number of nitrogens with zero attached hydrogens (tertiary/aromatic N) is 2. The van der Waals surface area contributed by atoms with E-state index < -0.39 is 0 Å². The molecule has 0 N–H and O–H groups in total. The highest BCUT2D eigenvalue weighted by atomic mass is 16.1. The molecule has 1 aliphatic carbocycles. The molecule has 23 heavy (non-hydrogen) atoms. The van der Waals surface area contributed by atoms with Gasteiger partial charge in [0, 0.05) is 48.7 Å². The fourth-order valence-corrected chi connectivity index (χ4v) is 5.32. The number of carbonyl (C=O) groups excluding carboxylic acids is 1. The van der Waals surface area contributed by atoms with Crippen molar-refractivity contribution >= 4 is 11.5 Å². The lowest BCUT2D eigenvalue weighted by atomic mass is 9.50. The lowest BCUT2D eigenvalue weighted by molar-refractivity contribution is -0.170. The molecule has 0 aromatic heterocycles. The van der Waals surface area contributed by atoms with Crippen molar-refractivity contribution in [3.63, 3.8) is 0 Å². The molecular formula is C20H30N2O. The average Bonchev–Trinajstić information content (AvgIpc) is 2.47. The predicted octanol–water partition coefficient (Wildman–Crippen LogP) is 3.43. The van der Waals surface area contributed by atoms with Gasteiger partial charge in [0.1, 0.15) is 5.78 Å². The number of piperazine rings is 1. The van der Waals surface area contributed by atoms with Gasteiger partial charge in [-0.05, 0) is 25.0 Å². The summed E-state index contributed by atoms with van der Waals surface area (Å²) in [5.74, 6) is 0.409. The van der Waals surface area contributed by atoms with Crippen LogP contribution in [0.3, 0.4) is 0 Å². The highest BCUT2D eigenvalue weighted by Crippen LogP contribution is 2.53. The maximum atomic E-state index is 12.4. The van der Waals surface area contributed by atoms with Crippen LogP contribution in [0.25, 0.3) is 0 Å². The van der Waals surface area contributed by atoms with Crippen molar-refractivity contribution in [2.24, 2.45) is 10.8 Å². The minimum atomic E-state index is -0.204. The number of hydrogen-bond donors (Lipinski definition) is 0. The summed E-state index contributed by atoms with van der Waals surface area (Å²) < 4.78 is 0. The van der Waals surface area contributed by atoms with Gasteiger partial charge in [-0.15, -0.1) is 0 Å². The maximum Gasteiger partial charge on any atom is 0.147 e. The van der Waals surface area contributed by atoms with Gasteiger partial charge >= 0.3 is 0 Å². The number of rotatable bonds is 2. The standard InChI is InChI=1S/C20H30N2O/c1-14-8-7-9-15(2)16(14)21-10-12-22(13-11-21)17-19(3,4)18(23)20(17,5)6/h7-9,17H,10-13H2,1-6H3. The lowest BCUT2D eigenvalue weighted by Crippen LogP contribution is -2.72. The third kappa shape index (κ3) is 2.40. The summed E-state index contributed by atoms with van der Waals surface area (Å²) in [6.45, 7) is 17.0. The molecule has 0 bridgehead atoms. The smallest absolute Gasteiger partial charge is 0.147 e. The summed E-state index contributed by atoms with van der Waals surface area (Å²) in [7, 11) is 0. The summed E-state index contributed by atoms with van der Waals surface area (Å²) >= 11 is 0. The van der Waals surface area contributed by atoms with Crippen LogP contribution in [-0.4, -0.2) is 42.9 Å². The molecule has 1 aromatic rings. The van der Waals surface area contributed by atoms with E-state index in [4.69, 9.17) is 0 Å². The van der Waals surface area contributed by atoms with Gasteiger partial charge in [0.15, 0.2) is 0 Å². The van der Waals surface area contributed by atoms with Crippen LogP contribution in [0.2, 0.25) is 0 Å². The molecule has 1 heterocycles. The van der Waals surface area contributed by atoms with Crippen LogP contribution in [0.1, 0.15) is 38.8 Å². The van der Waals surface area contributed by atoms with Gasteiger partial charge < -0.3 is 4.90 Å². The Morgan fingerprint density at radius 2 is 1.39 bits per heavy atom. The van der Waals surface area contributed by atoms with E-state index in [0.717, 1.165) is 26.2 Å². The Morgan fingerprint density at radius 1 is 0.913 bits per heavy atom. The molecule has 0 radical (unpaired) electrons. The molecule has 1 aliphatic heterocycles. The van der Waals surface area contributed by atoms with Crippen LogP contribution in [0, 0.1) is 24.7 Å². The highest BCUT2D eigenvalue weighted by molar-refractivity contribution is 5.97. The molecule has 3 heteroatoms. The molecule has 1 saturated carbocycles. The van der Waals surface area contributed by atoms with Gasteiger partial charge in [-0.1, -0.05) is 45.9 Å². The van der Waals surface area contributed by atoms with Gasteiger partial charge in [0.2, 0.25) is 0 Å². The summed E-state index contributed by atoms with van der Waals surface area (Å²) in [6, 6.07) is 6.90. The fraction of sp³-hybridized carbons (Fsp3) is 0.650. The van der Waals surface area contributed by atoms with Gasteiger partial charge in [0.05, 0.1) is 0 Å². The van der Waals surface area contributed by atoms with E-state index in [-0.39, 0.29) is 10.8 Å². The molecule has 126 valence electrons. The molecule has 0 unspecified atom stereocenters. The Hall–Kier alpha value is -1.35. The van der Waals surface area contributed by atoms with Gasteiger partial charge in [-0.2, -0.15) is 0 Å². The zero-order chi connectivity index (χ0) is 17.0. The number of carbonyl (C=O) groups is 1. The van der Waals surface area contributed by atoms with E-state index >= 15 is 0 Å². The van der Waals surface area contributed by atoms with Crippen LogP contribution in [0.15, 0.2) is 18.2 Å². The van der Waals surface area contributed by atoms with Crippen LogP contribution in [0.4, 0.5) is 5.69 Å². The van der Waals surface area contributed by atoms with Crippen molar-refractivity contribution in [2.45, 2.75) is 47.6 Å². The topological polar surface area (TPSA) is 23.6 Å². The summed E-state index contributed by atoms with van der Waals surface area (Å²) in [5.41, 5.74) is 3.71. The third-order valence-electron chi connectivity index (χ3n) is 5.97. The Bertz CT molecular complexity index is 586. The molecule has 1 saturated heterocycles. The van der Waals surface area contributed by atoms with Crippen LogP contribution >= 0.6 is 0 Å². The van der Waals surface area contributed by atoms with E-state index in [1.54, 1.807) is 0 Å². The summed E-state index contributed by atoms with van der Waals surface area (Å²) in [6.07, 6.45) is 0. The second-order valence-electron chi connectivity index (χ2n) is 8.44. The van der Waals surface area contributed by atoms with E-state index in [1.165, 1.54) is 16.8 Å². The van der Waals surface area contributed by atoms with E-state index in [0.29, 0.717) is 11.8 Å². The number of aryl methyl sites for hydroxylation is 2. The third-order valence-corrected chi connectivity index (χ3v) is 5.97. The largest absolute Gasteiger partial charge is 0.369 e. The summed E-state index contributed by atoms with van der Waals surface area (Å²) in [5, 5.41) is 0. The maximum absolute atomic E-state index is 12.4. The SMILES string of the molecule is Cc1cccc(C)c1N1CCN(C2C(C)(C)C(=O)C2(C)C)CC1. The first-order valence-electron chi connectivity index (χ1n) is 8.77. The first-order chi connectivity index (χ1) is 10.7. The molecule has 1 aromatic carbocycles. The number of Topliss-reactive ketones (excluding diaryl/α,β-unsaturated/α-hetero) is 1. The Kier molecular flexibility index (Phi) is 3.83. The number of para-hydroxylation sites is 1. The van der Waals surface area contributed by atoms with Crippen molar-refractivity contribution in [3.8, 4) is 0 Å². The van der Waals surface area contributed by atoms with E-state index in [2.05, 4.69) is 69.5 Å². The zero-order valence-electron chi connectivity index (χ0n) is 15.4. The normalized spacial score (nSPS) is 24.6. The first kappa shape index (κ1) is 16.5. The van der Waals surface area contributed by atoms with Crippen LogP contribution in [0.5, 0.6) is 0 Å². The number of ketones is 1. The molecule has 3 rings (SSSR count). The zero-order valence-corrected chi connectivity index (χ0v) is 15.4. The molecule has 0 amide bonds. The molecule has 2 aliphatic rings.